The van der Waals surface area contributed by atoms with Gasteiger partial charge in [0.2, 0.25) is 0 Å². The second kappa shape index (κ2) is 12.2. The zero-order valence-corrected chi connectivity index (χ0v) is 18.8. The number of nitrogens with one attached hydrogen (secondary N) is 1. The highest BCUT2D eigenvalue weighted by Gasteiger charge is 2.12. The molecule has 1 N–H and O–H groups in total. The van der Waals surface area contributed by atoms with Crippen molar-refractivity contribution in [3.05, 3.63) is 58.6 Å². The molecule has 1 atom stereocenters. The fraction of sp³-hybridized carbons (Fsp3) is 0.500. The van der Waals surface area contributed by atoms with Crippen LogP contribution in [0.3, 0.4) is 0 Å². The lowest BCUT2D eigenvalue weighted by molar-refractivity contribution is 0.0321. The number of halogens is 1. The number of ether oxygens (including phenoxy) is 3. The largest absolute Gasteiger partial charge is 0.493 e. The van der Waals surface area contributed by atoms with Gasteiger partial charge in [0.1, 0.15) is 6.61 Å². The summed E-state index contributed by atoms with van der Waals surface area (Å²) in [5, 5.41) is 4.35. The lowest BCUT2D eigenvalue weighted by Crippen LogP contribution is -2.38. The van der Waals surface area contributed by atoms with Crippen LogP contribution in [0.5, 0.6) is 11.5 Å². The molecule has 0 spiro atoms. The number of nitrogens with zero attached hydrogens (tertiary/aromatic N) is 1. The van der Waals surface area contributed by atoms with E-state index in [1.165, 1.54) is 11.1 Å². The summed E-state index contributed by atoms with van der Waals surface area (Å²) in [5.74, 6) is 1.61. The van der Waals surface area contributed by atoms with Crippen LogP contribution in [0.1, 0.15) is 24.5 Å². The van der Waals surface area contributed by atoms with Crippen molar-refractivity contribution < 1.29 is 14.2 Å². The maximum Gasteiger partial charge on any atom is 0.161 e. The Kier molecular flexibility index (Phi) is 9.27. The standard InChI is InChI=1S/C24H33ClN2O3/c1-19(26-18-21-5-8-22(25)9-6-21)3-4-20-7-10-23(24(17-20)28-2)30-16-13-27-11-14-29-15-12-27/h5-10,17,19,26H,3-4,11-16,18H2,1-2H3/t19-/m1/s1. The van der Waals surface area contributed by atoms with Crippen molar-refractivity contribution in [2.45, 2.75) is 32.4 Å². The smallest absolute Gasteiger partial charge is 0.161 e. The second-order valence-corrected chi connectivity index (χ2v) is 8.17. The summed E-state index contributed by atoms with van der Waals surface area (Å²) < 4.78 is 16.9. The quantitative estimate of drug-likeness (QED) is 0.577. The Morgan fingerprint density at radius 3 is 2.53 bits per heavy atom. The zero-order chi connectivity index (χ0) is 21.2. The molecular weight excluding hydrogens is 400 g/mol. The fourth-order valence-electron chi connectivity index (χ4n) is 3.48. The molecule has 164 valence electrons. The van der Waals surface area contributed by atoms with Crippen LogP contribution in [0.25, 0.3) is 0 Å². The minimum Gasteiger partial charge on any atom is -0.493 e. The molecule has 1 heterocycles. The van der Waals surface area contributed by atoms with Crippen LogP contribution in [0.15, 0.2) is 42.5 Å². The highest BCUT2D eigenvalue weighted by molar-refractivity contribution is 6.30. The van der Waals surface area contributed by atoms with E-state index in [4.69, 9.17) is 25.8 Å². The summed E-state index contributed by atoms with van der Waals surface area (Å²) in [7, 11) is 1.70. The lowest BCUT2D eigenvalue weighted by atomic mass is 10.1. The summed E-state index contributed by atoms with van der Waals surface area (Å²) in [5.41, 5.74) is 2.50. The average Bonchev–Trinajstić information content (AvgIpc) is 2.78. The predicted molar refractivity (Wildman–Crippen MR) is 122 cm³/mol. The highest BCUT2D eigenvalue weighted by Crippen LogP contribution is 2.28. The Balaban J connectivity index is 1.42. The number of aryl methyl sites for hydroxylation is 1. The molecule has 6 heteroatoms. The zero-order valence-electron chi connectivity index (χ0n) is 18.0. The van der Waals surface area contributed by atoms with E-state index < -0.39 is 0 Å². The molecule has 2 aromatic carbocycles. The number of benzene rings is 2. The second-order valence-electron chi connectivity index (χ2n) is 7.73. The number of hydrogen-bond donors (Lipinski definition) is 1. The van der Waals surface area contributed by atoms with Gasteiger partial charge in [-0.15, -0.1) is 0 Å². The fourth-order valence-corrected chi connectivity index (χ4v) is 3.60. The van der Waals surface area contributed by atoms with Crippen LogP contribution in [-0.4, -0.2) is 57.5 Å². The van der Waals surface area contributed by atoms with Crippen molar-refractivity contribution in [2.24, 2.45) is 0 Å². The minimum absolute atomic E-state index is 0.413. The SMILES string of the molecule is COc1cc(CC[C@@H](C)NCc2ccc(Cl)cc2)ccc1OCCN1CCOCC1. The third-order valence-electron chi connectivity index (χ3n) is 5.43. The summed E-state index contributed by atoms with van der Waals surface area (Å²) in [6.45, 7) is 8.20. The van der Waals surface area contributed by atoms with Gasteiger partial charge in [0.15, 0.2) is 11.5 Å². The van der Waals surface area contributed by atoms with Crippen LogP contribution >= 0.6 is 11.6 Å². The van der Waals surface area contributed by atoms with Gasteiger partial charge in [-0.3, -0.25) is 4.90 Å². The van der Waals surface area contributed by atoms with E-state index in [9.17, 15) is 0 Å². The first-order valence-electron chi connectivity index (χ1n) is 10.7. The van der Waals surface area contributed by atoms with E-state index in [0.29, 0.717) is 12.6 Å². The van der Waals surface area contributed by atoms with Crippen molar-refractivity contribution in [1.82, 2.24) is 10.2 Å². The topological polar surface area (TPSA) is 43.0 Å². The van der Waals surface area contributed by atoms with Gasteiger partial charge in [0.25, 0.3) is 0 Å². The summed E-state index contributed by atoms with van der Waals surface area (Å²) in [4.78, 5) is 2.36. The molecule has 1 fully saturated rings. The van der Waals surface area contributed by atoms with Gasteiger partial charge in [-0.25, -0.2) is 0 Å². The van der Waals surface area contributed by atoms with E-state index in [0.717, 1.165) is 68.8 Å². The molecule has 0 aliphatic carbocycles. The van der Waals surface area contributed by atoms with E-state index in [2.05, 4.69) is 41.4 Å². The molecule has 3 rings (SSSR count). The van der Waals surface area contributed by atoms with E-state index in [1.54, 1.807) is 7.11 Å². The molecule has 0 radical (unpaired) electrons. The van der Waals surface area contributed by atoms with Crippen LogP contribution in [0.2, 0.25) is 5.02 Å². The van der Waals surface area contributed by atoms with Gasteiger partial charge in [-0.2, -0.15) is 0 Å². The Bertz CT molecular complexity index is 764. The van der Waals surface area contributed by atoms with Gasteiger partial charge in [0, 0.05) is 37.2 Å². The van der Waals surface area contributed by atoms with Crippen molar-refractivity contribution >= 4 is 11.6 Å². The van der Waals surface area contributed by atoms with Crippen LogP contribution in [-0.2, 0) is 17.7 Å². The Hall–Kier alpha value is -1.79. The number of morpholine rings is 1. The molecule has 1 aliphatic rings. The van der Waals surface area contributed by atoms with Crippen LogP contribution in [0, 0.1) is 0 Å². The van der Waals surface area contributed by atoms with Gasteiger partial charge in [0.05, 0.1) is 20.3 Å². The molecule has 0 unspecified atom stereocenters. The third kappa shape index (κ3) is 7.47. The van der Waals surface area contributed by atoms with Crippen LogP contribution < -0.4 is 14.8 Å². The highest BCUT2D eigenvalue weighted by atomic mass is 35.5. The monoisotopic (exact) mass is 432 g/mol. The average molecular weight is 433 g/mol. The molecule has 1 aliphatic heterocycles. The summed E-state index contributed by atoms with van der Waals surface area (Å²) in [6, 6.07) is 14.7. The molecule has 1 saturated heterocycles. The number of rotatable bonds is 11. The van der Waals surface area contributed by atoms with Crippen LogP contribution in [0.4, 0.5) is 0 Å². The van der Waals surface area contributed by atoms with Gasteiger partial charge in [-0.1, -0.05) is 29.8 Å². The first-order chi connectivity index (χ1) is 14.6. The minimum atomic E-state index is 0.413. The van der Waals surface area contributed by atoms with Crippen molar-refractivity contribution in [1.29, 1.82) is 0 Å². The van der Waals surface area contributed by atoms with Gasteiger partial charge < -0.3 is 19.5 Å². The molecule has 2 aromatic rings. The maximum atomic E-state index is 5.98. The van der Waals surface area contributed by atoms with E-state index in [-0.39, 0.29) is 0 Å². The Morgan fingerprint density at radius 2 is 1.80 bits per heavy atom. The Labute approximate surface area is 185 Å². The van der Waals surface area contributed by atoms with Crippen molar-refractivity contribution in [3.63, 3.8) is 0 Å². The molecule has 0 bridgehead atoms. The molecule has 5 nitrogen and oxygen atoms in total. The molecule has 0 amide bonds. The molecule has 30 heavy (non-hydrogen) atoms. The third-order valence-corrected chi connectivity index (χ3v) is 5.68. The normalized spacial score (nSPS) is 15.7. The molecule has 0 saturated carbocycles. The van der Waals surface area contributed by atoms with Crippen molar-refractivity contribution in [3.8, 4) is 11.5 Å². The van der Waals surface area contributed by atoms with E-state index >= 15 is 0 Å². The maximum absolute atomic E-state index is 5.98. The number of hydrogen-bond acceptors (Lipinski definition) is 5. The first kappa shape index (κ1) is 22.9. The lowest BCUT2D eigenvalue weighted by Gasteiger charge is -2.26. The summed E-state index contributed by atoms with van der Waals surface area (Å²) in [6.07, 6.45) is 2.03. The molecular formula is C24H33ClN2O3. The number of methoxy groups -OCH3 is 1. The van der Waals surface area contributed by atoms with Crippen molar-refractivity contribution in [2.75, 3.05) is 46.6 Å². The molecule has 0 aromatic heterocycles. The predicted octanol–water partition coefficient (Wildman–Crippen LogP) is 4.17. The first-order valence-corrected chi connectivity index (χ1v) is 11.1. The van der Waals surface area contributed by atoms with Gasteiger partial charge >= 0.3 is 0 Å². The summed E-state index contributed by atoms with van der Waals surface area (Å²) >= 11 is 5.95. The Morgan fingerprint density at radius 1 is 1.07 bits per heavy atom. The van der Waals surface area contributed by atoms with Gasteiger partial charge in [-0.05, 0) is 55.2 Å². The van der Waals surface area contributed by atoms with E-state index in [1.807, 2.05) is 18.2 Å².